The van der Waals surface area contributed by atoms with Gasteiger partial charge in [-0.1, -0.05) is 0 Å². The third-order valence-electron chi connectivity index (χ3n) is 2.47. The minimum absolute atomic E-state index is 0.117. The molecule has 2 heterocycles. The van der Waals surface area contributed by atoms with Crippen LogP contribution < -0.4 is 0 Å². The first-order chi connectivity index (χ1) is 7.66. The predicted octanol–water partition coefficient (Wildman–Crippen LogP) is 1.46. The smallest absolute Gasteiger partial charge is 0.371 e. The summed E-state index contributed by atoms with van der Waals surface area (Å²) in [6, 6.07) is 1.47. The summed E-state index contributed by atoms with van der Waals surface area (Å²) >= 11 is 5.82. The van der Waals surface area contributed by atoms with Crippen LogP contribution in [0.3, 0.4) is 0 Å². The topological polar surface area (TPSA) is 62.9 Å². The summed E-state index contributed by atoms with van der Waals surface area (Å²) in [6.45, 7) is 3.63. The standard InChI is InChI=1S/C10H12ClNO4/c11-9-7(5-8(16-9)10(13)14)6-12-1-3-15-4-2-12/h5H,1-4,6H2,(H,13,14). The van der Waals surface area contributed by atoms with E-state index >= 15 is 0 Å². The molecule has 88 valence electrons. The Labute approximate surface area is 97.5 Å². The molecule has 1 aromatic rings. The van der Waals surface area contributed by atoms with Crippen molar-refractivity contribution >= 4 is 17.6 Å². The average molecular weight is 246 g/mol. The number of carboxylic acids is 1. The van der Waals surface area contributed by atoms with Crippen LogP contribution in [0.1, 0.15) is 16.1 Å². The van der Waals surface area contributed by atoms with E-state index in [-0.39, 0.29) is 11.0 Å². The molecule has 0 radical (unpaired) electrons. The van der Waals surface area contributed by atoms with Crippen molar-refractivity contribution in [3.05, 3.63) is 22.6 Å². The molecule has 0 atom stereocenters. The number of hydrogen-bond acceptors (Lipinski definition) is 4. The highest BCUT2D eigenvalue weighted by atomic mass is 35.5. The van der Waals surface area contributed by atoms with E-state index < -0.39 is 5.97 Å². The molecule has 5 nitrogen and oxygen atoms in total. The highest BCUT2D eigenvalue weighted by molar-refractivity contribution is 6.29. The highest BCUT2D eigenvalue weighted by Gasteiger charge is 2.18. The van der Waals surface area contributed by atoms with E-state index in [1.165, 1.54) is 6.07 Å². The Hall–Kier alpha value is -1.04. The minimum atomic E-state index is -1.10. The molecule has 0 spiro atoms. The van der Waals surface area contributed by atoms with Gasteiger partial charge in [0.2, 0.25) is 5.76 Å². The van der Waals surface area contributed by atoms with E-state index in [1.807, 2.05) is 0 Å². The van der Waals surface area contributed by atoms with Gasteiger partial charge in [0.1, 0.15) is 0 Å². The summed E-state index contributed by atoms with van der Waals surface area (Å²) in [5.74, 6) is -1.22. The molecule has 0 saturated carbocycles. The molecule has 0 amide bonds. The van der Waals surface area contributed by atoms with Crippen LogP contribution in [0.4, 0.5) is 0 Å². The number of ether oxygens (including phenoxy) is 1. The lowest BCUT2D eigenvalue weighted by molar-refractivity contribution is 0.0341. The van der Waals surface area contributed by atoms with Gasteiger partial charge in [-0.15, -0.1) is 0 Å². The summed E-state index contributed by atoms with van der Waals surface area (Å²) in [4.78, 5) is 12.8. The summed E-state index contributed by atoms with van der Waals surface area (Å²) in [6.07, 6.45) is 0. The first-order valence-electron chi connectivity index (χ1n) is 4.98. The van der Waals surface area contributed by atoms with Crippen molar-refractivity contribution in [2.24, 2.45) is 0 Å². The molecule has 1 aliphatic rings. The number of nitrogens with zero attached hydrogens (tertiary/aromatic N) is 1. The summed E-state index contributed by atoms with van der Waals surface area (Å²) < 4.78 is 10.1. The van der Waals surface area contributed by atoms with Crippen molar-refractivity contribution in [3.63, 3.8) is 0 Å². The zero-order valence-corrected chi connectivity index (χ0v) is 9.37. The lowest BCUT2D eigenvalue weighted by Gasteiger charge is -2.25. The van der Waals surface area contributed by atoms with Crippen LogP contribution in [0.15, 0.2) is 10.5 Å². The number of morpholine rings is 1. The van der Waals surface area contributed by atoms with Gasteiger partial charge in [0.05, 0.1) is 13.2 Å². The molecule has 1 saturated heterocycles. The minimum Gasteiger partial charge on any atom is -0.475 e. The zero-order chi connectivity index (χ0) is 11.5. The molecule has 1 aromatic heterocycles. The molecule has 1 aliphatic heterocycles. The number of furan rings is 1. The zero-order valence-electron chi connectivity index (χ0n) is 8.61. The number of rotatable bonds is 3. The van der Waals surface area contributed by atoms with Crippen molar-refractivity contribution in [1.29, 1.82) is 0 Å². The van der Waals surface area contributed by atoms with Crippen molar-refractivity contribution in [3.8, 4) is 0 Å². The Morgan fingerprint density at radius 2 is 2.19 bits per heavy atom. The summed E-state index contributed by atoms with van der Waals surface area (Å²) in [7, 11) is 0. The Morgan fingerprint density at radius 3 is 2.75 bits per heavy atom. The van der Waals surface area contributed by atoms with Gasteiger partial charge in [0.25, 0.3) is 0 Å². The lowest BCUT2D eigenvalue weighted by atomic mass is 10.2. The second-order valence-electron chi connectivity index (χ2n) is 3.60. The molecule has 0 unspecified atom stereocenters. The molecule has 1 fully saturated rings. The molecule has 16 heavy (non-hydrogen) atoms. The van der Waals surface area contributed by atoms with E-state index in [0.717, 1.165) is 13.1 Å². The third kappa shape index (κ3) is 2.55. The Bertz CT molecular complexity index is 384. The lowest BCUT2D eigenvalue weighted by Crippen LogP contribution is -2.35. The Kier molecular flexibility index (Phi) is 3.48. The molecule has 6 heteroatoms. The van der Waals surface area contributed by atoms with E-state index in [9.17, 15) is 4.79 Å². The normalized spacial score (nSPS) is 17.6. The number of halogens is 1. The van der Waals surface area contributed by atoms with E-state index in [1.54, 1.807) is 0 Å². The first-order valence-corrected chi connectivity index (χ1v) is 5.36. The molecule has 0 bridgehead atoms. The van der Waals surface area contributed by atoms with Gasteiger partial charge in [-0.2, -0.15) is 0 Å². The molecule has 2 rings (SSSR count). The molecular weight excluding hydrogens is 234 g/mol. The molecule has 0 aliphatic carbocycles. The second-order valence-corrected chi connectivity index (χ2v) is 3.95. The van der Waals surface area contributed by atoms with Crippen LogP contribution in [-0.4, -0.2) is 42.3 Å². The summed E-state index contributed by atoms with van der Waals surface area (Å²) in [5, 5.41) is 8.90. The predicted molar refractivity (Wildman–Crippen MR) is 56.8 cm³/mol. The molecule has 1 N–H and O–H groups in total. The number of aromatic carboxylic acids is 1. The average Bonchev–Trinajstić information content (AvgIpc) is 2.62. The van der Waals surface area contributed by atoms with Gasteiger partial charge < -0.3 is 14.3 Å². The van der Waals surface area contributed by atoms with Gasteiger partial charge in [-0.3, -0.25) is 4.90 Å². The van der Waals surface area contributed by atoms with Gasteiger partial charge in [0, 0.05) is 25.2 Å². The van der Waals surface area contributed by atoms with Crippen LogP contribution in [-0.2, 0) is 11.3 Å². The quantitative estimate of drug-likeness (QED) is 0.874. The van der Waals surface area contributed by atoms with Crippen molar-refractivity contribution < 1.29 is 19.1 Å². The first kappa shape index (κ1) is 11.4. The largest absolute Gasteiger partial charge is 0.475 e. The Morgan fingerprint density at radius 1 is 1.50 bits per heavy atom. The highest BCUT2D eigenvalue weighted by Crippen LogP contribution is 2.22. The maximum Gasteiger partial charge on any atom is 0.371 e. The molecule has 0 aromatic carbocycles. The maximum atomic E-state index is 10.7. The fourth-order valence-electron chi connectivity index (χ4n) is 1.62. The number of hydrogen-bond donors (Lipinski definition) is 1. The number of carboxylic acid groups (broad SMARTS) is 1. The van der Waals surface area contributed by atoms with E-state index in [2.05, 4.69) is 4.90 Å². The third-order valence-corrected chi connectivity index (χ3v) is 2.79. The Balaban J connectivity index is 2.05. The SMILES string of the molecule is O=C(O)c1cc(CN2CCOCC2)c(Cl)o1. The van der Waals surface area contributed by atoms with E-state index in [0.29, 0.717) is 25.3 Å². The van der Waals surface area contributed by atoms with Gasteiger partial charge in [0.15, 0.2) is 5.22 Å². The van der Waals surface area contributed by atoms with Crippen LogP contribution in [0.25, 0.3) is 0 Å². The monoisotopic (exact) mass is 245 g/mol. The van der Waals surface area contributed by atoms with Crippen molar-refractivity contribution in [1.82, 2.24) is 4.90 Å². The van der Waals surface area contributed by atoms with Crippen molar-refractivity contribution in [2.75, 3.05) is 26.3 Å². The fraction of sp³-hybridized carbons (Fsp3) is 0.500. The fourth-order valence-corrected chi connectivity index (χ4v) is 1.82. The molecular formula is C10H12ClNO4. The van der Waals surface area contributed by atoms with Gasteiger partial charge in [-0.25, -0.2) is 4.79 Å². The maximum absolute atomic E-state index is 10.7. The van der Waals surface area contributed by atoms with Gasteiger partial charge in [-0.05, 0) is 17.7 Å². The van der Waals surface area contributed by atoms with Crippen LogP contribution in [0, 0.1) is 0 Å². The van der Waals surface area contributed by atoms with E-state index in [4.69, 9.17) is 25.9 Å². The van der Waals surface area contributed by atoms with Crippen LogP contribution in [0.5, 0.6) is 0 Å². The van der Waals surface area contributed by atoms with Crippen LogP contribution in [0.2, 0.25) is 5.22 Å². The van der Waals surface area contributed by atoms with Crippen molar-refractivity contribution in [2.45, 2.75) is 6.54 Å². The van der Waals surface area contributed by atoms with Crippen LogP contribution >= 0.6 is 11.6 Å². The second kappa shape index (κ2) is 4.86. The number of carbonyl (C=O) groups is 1. The summed E-state index contributed by atoms with van der Waals surface area (Å²) in [5.41, 5.74) is 0.709. The van der Waals surface area contributed by atoms with Gasteiger partial charge >= 0.3 is 5.97 Å².